The standard InChI is InChI=1S/C17H19Cl2NO4/c1-11(2)6-7-20(17(23)24)15(16(21)22)5-3-4-12-8-13(18)10-14(19)9-12/h8-11,15H,5-7H2,1-2H3,(H,21,22)(H,23,24)/t15-/m0/s1. The van der Waals surface area contributed by atoms with Crippen molar-refractivity contribution in [1.82, 2.24) is 4.90 Å². The number of carbonyl (C=O) groups is 2. The minimum atomic E-state index is -1.27. The molecule has 0 aromatic heterocycles. The van der Waals surface area contributed by atoms with Gasteiger partial charge < -0.3 is 10.2 Å². The molecular formula is C17H19Cl2NO4. The summed E-state index contributed by atoms with van der Waals surface area (Å²) < 4.78 is 0. The molecule has 0 spiro atoms. The van der Waals surface area contributed by atoms with Gasteiger partial charge in [0.1, 0.15) is 6.04 Å². The van der Waals surface area contributed by atoms with E-state index in [2.05, 4.69) is 11.8 Å². The van der Waals surface area contributed by atoms with Gasteiger partial charge in [0.2, 0.25) is 0 Å². The van der Waals surface area contributed by atoms with E-state index < -0.39 is 18.1 Å². The Labute approximate surface area is 151 Å². The van der Waals surface area contributed by atoms with Crippen LogP contribution in [0.15, 0.2) is 18.2 Å². The number of benzene rings is 1. The van der Waals surface area contributed by atoms with Crippen LogP contribution in [0.1, 0.15) is 32.3 Å². The summed E-state index contributed by atoms with van der Waals surface area (Å²) in [5.74, 6) is 4.52. The molecule has 0 aliphatic carbocycles. The molecule has 0 radical (unpaired) electrons. The molecule has 1 atom stereocenters. The van der Waals surface area contributed by atoms with Crippen LogP contribution in [0.4, 0.5) is 4.79 Å². The zero-order valence-corrected chi connectivity index (χ0v) is 14.9. The predicted molar refractivity (Wildman–Crippen MR) is 93.6 cm³/mol. The number of hydrogen-bond acceptors (Lipinski definition) is 2. The highest BCUT2D eigenvalue weighted by Crippen LogP contribution is 2.18. The molecule has 1 aromatic rings. The van der Waals surface area contributed by atoms with Crippen molar-refractivity contribution < 1.29 is 19.8 Å². The van der Waals surface area contributed by atoms with E-state index in [1.807, 2.05) is 13.8 Å². The van der Waals surface area contributed by atoms with E-state index in [1.54, 1.807) is 18.2 Å². The van der Waals surface area contributed by atoms with Crippen LogP contribution in [0, 0.1) is 17.8 Å². The van der Waals surface area contributed by atoms with Crippen LogP contribution in [0.25, 0.3) is 0 Å². The molecule has 0 saturated carbocycles. The predicted octanol–water partition coefficient (Wildman–Crippen LogP) is 4.21. The number of hydrogen-bond donors (Lipinski definition) is 2. The van der Waals surface area contributed by atoms with Gasteiger partial charge in [0.25, 0.3) is 0 Å². The monoisotopic (exact) mass is 371 g/mol. The molecule has 0 unspecified atom stereocenters. The van der Waals surface area contributed by atoms with E-state index in [4.69, 9.17) is 23.2 Å². The van der Waals surface area contributed by atoms with Crippen LogP contribution in [-0.4, -0.2) is 39.8 Å². The molecule has 0 saturated heterocycles. The van der Waals surface area contributed by atoms with E-state index >= 15 is 0 Å². The second-order valence-corrected chi connectivity index (χ2v) is 6.55. The average molecular weight is 372 g/mol. The molecule has 0 fully saturated rings. The first-order chi connectivity index (χ1) is 11.2. The molecule has 24 heavy (non-hydrogen) atoms. The molecule has 5 nitrogen and oxygen atoms in total. The van der Waals surface area contributed by atoms with Gasteiger partial charge in [-0.3, -0.25) is 4.90 Å². The lowest BCUT2D eigenvalue weighted by molar-refractivity contribution is -0.142. The molecule has 0 heterocycles. The summed E-state index contributed by atoms with van der Waals surface area (Å²) in [5, 5.41) is 19.4. The number of halogens is 2. The van der Waals surface area contributed by atoms with Gasteiger partial charge in [-0.2, -0.15) is 0 Å². The number of carboxylic acid groups (broad SMARTS) is 2. The smallest absolute Gasteiger partial charge is 0.408 e. The van der Waals surface area contributed by atoms with E-state index in [0.29, 0.717) is 22.0 Å². The summed E-state index contributed by atoms with van der Waals surface area (Å²) in [6, 6.07) is 3.55. The molecular weight excluding hydrogens is 353 g/mol. The third-order valence-corrected chi connectivity index (χ3v) is 3.68. The summed E-state index contributed by atoms with van der Waals surface area (Å²) >= 11 is 11.7. The zero-order chi connectivity index (χ0) is 18.3. The summed E-state index contributed by atoms with van der Waals surface area (Å²) in [4.78, 5) is 23.7. The van der Waals surface area contributed by atoms with Gasteiger partial charge >= 0.3 is 12.1 Å². The number of aliphatic carboxylic acids is 1. The Hall–Kier alpha value is -1.90. The Morgan fingerprint density at radius 3 is 2.21 bits per heavy atom. The maximum absolute atomic E-state index is 11.4. The van der Waals surface area contributed by atoms with Crippen molar-refractivity contribution >= 4 is 35.3 Å². The molecule has 0 aliphatic rings. The number of rotatable bonds is 6. The molecule has 1 amide bonds. The number of carboxylic acids is 1. The van der Waals surface area contributed by atoms with Gasteiger partial charge in [-0.25, -0.2) is 9.59 Å². The average Bonchev–Trinajstić information content (AvgIpc) is 2.43. The zero-order valence-electron chi connectivity index (χ0n) is 13.4. The largest absolute Gasteiger partial charge is 0.480 e. The van der Waals surface area contributed by atoms with Gasteiger partial charge in [-0.05, 0) is 30.5 Å². The van der Waals surface area contributed by atoms with Crippen molar-refractivity contribution in [2.24, 2.45) is 5.92 Å². The first kappa shape index (κ1) is 20.1. The molecule has 1 rings (SSSR count). The quantitative estimate of drug-likeness (QED) is 0.733. The lowest BCUT2D eigenvalue weighted by Gasteiger charge is -2.25. The fourth-order valence-corrected chi connectivity index (χ4v) is 2.51. The van der Waals surface area contributed by atoms with Gasteiger partial charge in [0.15, 0.2) is 0 Å². The Balaban J connectivity index is 2.90. The molecule has 130 valence electrons. The second kappa shape index (κ2) is 9.41. The minimum absolute atomic E-state index is 0.121. The van der Waals surface area contributed by atoms with Crippen LogP contribution in [0.3, 0.4) is 0 Å². The Morgan fingerprint density at radius 2 is 1.75 bits per heavy atom. The Bertz CT molecular complexity index is 644. The minimum Gasteiger partial charge on any atom is -0.480 e. The highest BCUT2D eigenvalue weighted by atomic mass is 35.5. The highest BCUT2D eigenvalue weighted by molar-refractivity contribution is 6.34. The first-order valence-electron chi connectivity index (χ1n) is 7.38. The topological polar surface area (TPSA) is 77.8 Å². The third-order valence-electron chi connectivity index (χ3n) is 3.25. The fourth-order valence-electron chi connectivity index (χ4n) is 1.99. The van der Waals surface area contributed by atoms with E-state index in [9.17, 15) is 19.8 Å². The Morgan fingerprint density at radius 1 is 1.17 bits per heavy atom. The first-order valence-corrected chi connectivity index (χ1v) is 8.13. The normalized spacial score (nSPS) is 11.5. The second-order valence-electron chi connectivity index (χ2n) is 5.68. The van der Waals surface area contributed by atoms with Crippen molar-refractivity contribution in [3.8, 4) is 11.8 Å². The van der Waals surface area contributed by atoms with E-state index in [1.165, 1.54) is 0 Å². The van der Waals surface area contributed by atoms with E-state index in [-0.39, 0.29) is 18.9 Å². The van der Waals surface area contributed by atoms with Crippen LogP contribution in [0.5, 0.6) is 0 Å². The molecule has 0 bridgehead atoms. The van der Waals surface area contributed by atoms with Crippen molar-refractivity contribution in [3.63, 3.8) is 0 Å². The Kier molecular flexibility index (Phi) is 7.90. The third kappa shape index (κ3) is 6.69. The lowest BCUT2D eigenvalue weighted by atomic mass is 10.1. The van der Waals surface area contributed by atoms with Crippen LogP contribution >= 0.6 is 23.2 Å². The summed E-state index contributed by atoms with van der Waals surface area (Å²) in [5.41, 5.74) is 0.542. The molecule has 1 aromatic carbocycles. The van der Waals surface area contributed by atoms with Gasteiger partial charge in [0.05, 0.1) is 0 Å². The fraction of sp³-hybridized carbons (Fsp3) is 0.412. The maximum atomic E-state index is 11.4. The number of nitrogens with zero attached hydrogens (tertiary/aromatic N) is 1. The molecule has 0 aliphatic heterocycles. The van der Waals surface area contributed by atoms with Crippen molar-refractivity contribution in [3.05, 3.63) is 33.8 Å². The van der Waals surface area contributed by atoms with Gasteiger partial charge in [-0.1, -0.05) is 48.9 Å². The van der Waals surface area contributed by atoms with Gasteiger partial charge in [-0.15, -0.1) is 0 Å². The lowest BCUT2D eigenvalue weighted by Crippen LogP contribution is -2.45. The number of amides is 1. The van der Waals surface area contributed by atoms with Gasteiger partial charge in [0, 0.05) is 28.6 Å². The van der Waals surface area contributed by atoms with E-state index in [0.717, 1.165) is 4.90 Å². The van der Waals surface area contributed by atoms with Crippen LogP contribution in [-0.2, 0) is 4.79 Å². The van der Waals surface area contributed by atoms with Crippen molar-refractivity contribution in [1.29, 1.82) is 0 Å². The SMILES string of the molecule is CC(C)CCN(C(=O)O)[C@@H](CC#Cc1cc(Cl)cc(Cl)c1)C(=O)O. The van der Waals surface area contributed by atoms with Crippen molar-refractivity contribution in [2.75, 3.05) is 6.54 Å². The van der Waals surface area contributed by atoms with Crippen molar-refractivity contribution in [2.45, 2.75) is 32.7 Å². The summed E-state index contributed by atoms with van der Waals surface area (Å²) in [6.07, 6.45) is -0.812. The maximum Gasteiger partial charge on any atom is 0.408 e. The van der Waals surface area contributed by atoms with Crippen LogP contribution < -0.4 is 0 Å². The summed E-state index contributed by atoms with van der Waals surface area (Å²) in [7, 11) is 0. The molecule has 7 heteroatoms. The highest BCUT2D eigenvalue weighted by Gasteiger charge is 2.28. The molecule has 2 N–H and O–H groups in total. The van der Waals surface area contributed by atoms with Crippen LogP contribution in [0.2, 0.25) is 10.0 Å². The summed E-state index contributed by atoms with van der Waals surface area (Å²) in [6.45, 7) is 4.03.